The number of amides is 11. The van der Waals surface area contributed by atoms with Crippen LogP contribution in [0, 0.1) is 41.4 Å². The third-order valence-corrected chi connectivity index (χ3v) is 15.7. The second-order valence-electron chi connectivity index (χ2n) is 25.6. The van der Waals surface area contributed by atoms with Crippen LogP contribution in [-0.2, 0) is 57.6 Å². The number of hydrogen-bond acceptors (Lipinski definition) is 14. The second-order valence-corrected chi connectivity index (χ2v) is 25.6. The topological polar surface area (TPSA) is 300 Å². The Balaban J connectivity index is 4.32. The lowest BCUT2D eigenvalue weighted by Crippen LogP contribution is -2.63. The van der Waals surface area contributed by atoms with E-state index in [2.05, 4.69) is 26.4 Å². The van der Waals surface area contributed by atoms with Gasteiger partial charge in [-0.1, -0.05) is 102 Å². The summed E-state index contributed by atoms with van der Waals surface area (Å²) >= 11 is 0. The van der Waals surface area contributed by atoms with Crippen molar-refractivity contribution in [3.8, 4) is 0 Å². The Morgan fingerprint density at radius 2 is 0.894 bits per heavy atom. The van der Waals surface area contributed by atoms with Gasteiger partial charge in [-0.05, 0) is 81.5 Å². The zero-order chi connectivity index (χ0) is 66.0. The van der Waals surface area contributed by atoms with Gasteiger partial charge in [0.15, 0.2) is 0 Å². The minimum absolute atomic E-state index is 0.0123. The van der Waals surface area contributed by atoms with E-state index in [1.54, 1.807) is 34.6 Å². The molecule has 1 aliphatic rings. The maximum Gasteiger partial charge on any atom is 0.246 e. The molecule has 486 valence electrons. The molecule has 25 heteroatoms. The van der Waals surface area contributed by atoms with E-state index in [-0.39, 0.29) is 55.8 Å². The summed E-state index contributed by atoms with van der Waals surface area (Å²) in [5, 5.41) is 26.6. The molecule has 0 spiro atoms. The van der Waals surface area contributed by atoms with Crippen molar-refractivity contribution in [2.45, 2.75) is 209 Å². The van der Waals surface area contributed by atoms with Gasteiger partial charge < -0.3 is 65.5 Å². The molecule has 0 bridgehead atoms. The maximum atomic E-state index is 15.1. The maximum absolute atomic E-state index is 15.1. The molecule has 12 atom stereocenters. The number of carbonyl (C=O) groups is 11. The molecule has 0 saturated carbocycles. The second kappa shape index (κ2) is 34.7. The summed E-state index contributed by atoms with van der Waals surface area (Å²) in [4.78, 5) is 173. The molecule has 5 N–H and O–H groups in total. The molecule has 0 aromatic heterocycles. The average molecular weight is 1210 g/mol. The van der Waals surface area contributed by atoms with Crippen molar-refractivity contribution in [3.05, 3.63) is 0 Å². The minimum atomic E-state index is -1.72. The zero-order valence-electron chi connectivity index (χ0n) is 55.6. The van der Waals surface area contributed by atoms with Gasteiger partial charge in [0, 0.05) is 61.5 Å². The minimum Gasteiger partial charge on any atom is -0.399 e. The molecule has 25 nitrogen and oxygen atoms in total. The van der Waals surface area contributed by atoms with E-state index < -0.39 is 156 Å². The van der Waals surface area contributed by atoms with Crippen molar-refractivity contribution in [2.24, 2.45) is 46.6 Å². The Labute approximate surface area is 506 Å². The third kappa shape index (κ3) is 21.5. The van der Waals surface area contributed by atoms with Gasteiger partial charge in [0.2, 0.25) is 65.0 Å². The van der Waals surface area contributed by atoms with Crippen molar-refractivity contribution in [2.75, 3.05) is 63.0 Å². The number of nitrogens with one attached hydrogen (secondary N) is 4. The van der Waals surface area contributed by atoms with Crippen LogP contribution < -0.4 is 21.3 Å². The normalized spacial score (nSPS) is 26.9. The summed E-state index contributed by atoms with van der Waals surface area (Å²) in [6.07, 6.45) is 0.114. The molecule has 85 heavy (non-hydrogen) atoms. The first-order chi connectivity index (χ1) is 39.2. The summed E-state index contributed by atoms with van der Waals surface area (Å²) in [6.45, 7) is 27.1. The lowest BCUT2D eigenvalue weighted by Gasteiger charge is -2.41. The van der Waals surface area contributed by atoms with Crippen molar-refractivity contribution in [1.82, 2.24) is 55.6 Å². The van der Waals surface area contributed by atoms with Crippen LogP contribution in [0.4, 0.5) is 0 Å². The number of carbonyl (C=O) groups excluding carboxylic acids is 11. The smallest absolute Gasteiger partial charge is 0.246 e. The number of likely N-dealkylation sites (N-methyl/N-ethyl adjacent to an activating group) is 7. The van der Waals surface area contributed by atoms with Crippen LogP contribution in [0.15, 0.2) is 5.16 Å². The fourth-order valence-electron chi connectivity index (χ4n) is 10.4. The summed E-state index contributed by atoms with van der Waals surface area (Å²) in [7, 11) is 11.0. The Kier molecular flexibility index (Phi) is 31.2. The van der Waals surface area contributed by atoms with Gasteiger partial charge in [-0.15, -0.1) is 0 Å². The summed E-state index contributed by atoms with van der Waals surface area (Å²) in [5.74, 6) is -10.4. The summed E-state index contributed by atoms with van der Waals surface area (Å²) in [5.41, 5.74) is 0. The van der Waals surface area contributed by atoms with Crippen LogP contribution in [-0.4, -0.2) is 240 Å². The molecule has 11 amide bonds. The Hall–Kier alpha value is -6.40. The molecule has 0 aromatic carbocycles. The Bertz CT molecular complexity index is 2330. The van der Waals surface area contributed by atoms with Crippen molar-refractivity contribution in [3.63, 3.8) is 0 Å². The highest BCUT2D eigenvalue weighted by Crippen LogP contribution is 2.25. The molecule has 0 aliphatic carbocycles. The van der Waals surface area contributed by atoms with Gasteiger partial charge in [0.1, 0.15) is 67.5 Å². The van der Waals surface area contributed by atoms with E-state index in [9.17, 15) is 48.3 Å². The largest absolute Gasteiger partial charge is 0.399 e. The number of aliphatic hydroxyl groups is 1. The third-order valence-electron chi connectivity index (χ3n) is 15.7. The number of aliphatic hydroxyl groups excluding tert-OH is 1. The first-order valence-corrected chi connectivity index (χ1v) is 30.0. The van der Waals surface area contributed by atoms with Crippen molar-refractivity contribution < 1.29 is 62.7 Å². The lowest BCUT2D eigenvalue weighted by molar-refractivity contribution is -0.157. The highest BCUT2D eigenvalue weighted by Gasteiger charge is 2.45. The molecule has 0 radical (unpaired) electrons. The number of nitrogens with zero attached hydrogens (tertiary/aromatic N) is 8. The summed E-state index contributed by atoms with van der Waals surface area (Å²) < 4.78 is 0. The van der Waals surface area contributed by atoms with E-state index in [0.29, 0.717) is 0 Å². The Morgan fingerprint density at radius 3 is 1.34 bits per heavy atom. The van der Waals surface area contributed by atoms with Gasteiger partial charge in [0.05, 0.1) is 12.6 Å². The van der Waals surface area contributed by atoms with Gasteiger partial charge in [-0.25, -0.2) is 0 Å². The van der Waals surface area contributed by atoms with E-state index in [0.717, 1.165) is 9.80 Å². The number of hydrogen-bond donors (Lipinski definition) is 5. The zero-order valence-corrected chi connectivity index (χ0v) is 55.6. The van der Waals surface area contributed by atoms with Crippen LogP contribution in [0.2, 0.25) is 0 Å². The van der Waals surface area contributed by atoms with Crippen LogP contribution in [0.25, 0.3) is 0 Å². The molecule has 1 heterocycles. The van der Waals surface area contributed by atoms with Gasteiger partial charge in [-0.2, -0.15) is 0 Å². The van der Waals surface area contributed by atoms with E-state index >= 15 is 9.59 Å². The van der Waals surface area contributed by atoms with Crippen molar-refractivity contribution >= 4 is 71.2 Å². The molecule has 1 fully saturated rings. The number of rotatable bonds is 15. The highest BCUT2D eigenvalue weighted by atomic mass is 16.6. The molecule has 1 rings (SSSR count). The lowest BCUT2D eigenvalue weighted by atomic mass is 9.93. The van der Waals surface area contributed by atoms with Crippen LogP contribution in [0.3, 0.4) is 0 Å². The highest BCUT2D eigenvalue weighted by molar-refractivity contribution is 5.99. The van der Waals surface area contributed by atoms with Gasteiger partial charge in [-0.3, -0.25) is 52.7 Å². The molecule has 0 unspecified atom stereocenters. The quantitative estimate of drug-likeness (QED) is 0.116. The fraction of sp³-hybridized carbons (Fsp3) is 0.800. The number of oxime groups is 1. The Morgan fingerprint density at radius 1 is 0.482 bits per heavy atom. The standard InChI is InChI=1S/C60H108N12O13/c1-25-41-56(80)66(17)31-46(73)67(18)42(26-32(2)3)53(77)65-47(36(10)11)59(83)68(19)43(27-33(4)5)52(76)62-39(15)51(75)63-40(16)55(79)69(20)44(28-34(6)7)57(81)70(21)45(29-35(8)9)58(82)71(22)48(37(12)13)60(84)72(23)49(54(78)64-41)50(74)38(14)30-61-85-24/h30,32-45,47-50,74H,25-29,31H2,1-24H3,(H,62,76)(H,63,75)(H,64,78)(H,65,77)/b61-30+/t38-,39+,40-,41+,42+,43+,44+,45+,47+,48+,49+,50-/m1/s1. The SMILES string of the molecule is CC[C@@H]1NC(=O)[C@H]([C@H](O)[C@H](C)/C=N/OC)N(C)C(=O)[C@H](C(C)C)N(C)C(=O)[C@H](CC(C)C)N(C)C(=O)[C@H](CC(C)C)N(C)C(=O)[C@@H](C)NC(=O)[C@H](C)NC(=O)[C@H](CC(C)C)N(C)C(=O)[C@H](C(C)C)NC(=O)[C@H](CC(C)C)N(C)C(=O)CN(C)C1=O. The summed E-state index contributed by atoms with van der Waals surface area (Å²) in [6, 6.07) is -12.6. The first kappa shape index (κ1) is 76.6. The van der Waals surface area contributed by atoms with Crippen LogP contribution >= 0.6 is 0 Å². The predicted molar refractivity (Wildman–Crippen MR) is 325 cm³/mol. The first-order valence-electron chi connectivity index (χ1n) is 30.0. The van der Waals surface area contributed by atoms with Crippen LogP contribution in [0.1, 0.15) is 143 Å². The molecular weight excluding hydrogens is 1100 g/mol. The van der Waals surface area contributed by atoms with Crippen molar-refractivity contribution in [1.29, 1.82) is 0 Å². The fourth-order valence-corrected chi connectivity index (χ4v) is 10.4. The van der Waals surface area contributed by atoms with E-state index in [4.69, 9.17) is 4.84 Å². The van der Waals surface area contributed by atoms with Gasteiger partial charge in [0.25, 0.3) is 0 Å². The van der Waals surface area contributed by atoms with Crippen LogP contribution in [0.5, 0.6) is 0 Å². The molecule has 1 aliphatic heterocycles. The molecule has 1 saturated heterocycles. The molecular formula is C60H108N12O13. The van der Waals surface area contributed by atoms with Gasteiger partial charge >= 0.3 is 0 Å². The van der Waals surface area contributed by atoms with E-state index in [1.807, 2.05) is 55.4 Å². The predicted octanol–water partition coefficient (Wildman–Crippen LogP) is 1.93. The monoisotopic (exact) mass is 1200 g/mol. The average Bonchev–Trinajstić information content (AvgIpc) is 2.61. The molecule has 0 aromatic rings. The van der Waals surface area contributed by atoms with E-state index in [1.165, 1.54) is 108 Å².